The van der Waals surface area contributed by atoms with Gasteiger partial charge in [0.1, 0.15) is 11.5 Å². The van der Waals surface area contributed by atoms with E-state index in [1.54, 1.807) is 24.0 Å². The van der Waals surface area contributed by atoms with E-state index in [-0.39, 0.29) is 28.6 Å². The predicted molar refractivity (Wildman–Crippen MR) is 111 cm³/mol. The summed E-state index contributed by atoms with van der Waals surface area (Å²) in [5.74, 6) is -3.36. The van der Waals surface area contributed by atoms with Gasteiger partial charge < -0.3 is 4.90 Å². The largest absolute Gasteiger partial charge is 0.332 e. The van der Waals surface area contributed by atoms with Crippen LogP contribution in [0.25, 0.3) is 0 Å². The van der Waals surface area contributed by atoms with Crippen LogP contribution < -0.4 is 5.43 Å². The first-order valence-corrected chi connectivity index (χ1v) is 10.5. The lowest BCUT2D eigenvalue weighted by molar-refractivity contribution is 0.0570. The molecule has 0 unspecified atom stereocenters. The number of carbonyl (C=O) groups excluding carboxylic acids is 1. The zero-order chi connectivity index (χ0) is 22.6. The van der Waals surface area contributed by atoms with E-state index in [0.717, 1.165) is 24.8 Å². The molecular formula is C24H20F3N3O2. The van der Waals surface area contributed by atoms with Crippen molar-refractivity contribution in [1.29, 1.82) is 0 Å². The summed E-state index contributed by atoms with van der Waals surface area (Å²) in [6, 6.07) is 8.75. The van der Waals surface area contributed by atoms with Crippen LogP contribution in [-0.4, -0.2) is 33.2 Å². The van der Waals surface area contributed by atoms with Gasteiger partial charge in [0.2, 0.25) is 5.43 Å². The number of nitrogens with zero attached hydrogens (tertiary/aromatic N) is 3. The Morgan fingerprint density at radius 2 is 1.81 bits per heavy atom. The van der Waals surface area contributed by atoms with Crippen molar-refractivity contribution in [1.82, 2.24) is 14.7 Å². The highest BCUT2D eigenvalue weighted by molar-refractivity contribution is 5.95. The van der Waals surface area contributed by atoms with Crippen LogP contribution in [0.4, 0.5) is 13.2 Å². The monoisotopic (exact) mass is 439 g/mol. The zero-order valence-corrected chi connectivity index (χ0v) is 17.3. The molecule has 2 aromatic carbocycles. The van der Waals surface area contributed by atoms with Crippen LogP contribution in [0.3, 0.4) is 0 Å². The van der Waals surface area contributed by atoms with Crippen molar-refractivity contribution in [2.24, 2.45) is 0 Å². The molecule has 3 heterocycles. The number of hydrogen-bond acceptors (Lipinski definition) is 3. The quantitative estimate of drug-likeness (QED) is 0.621. The minimum absolute atomic E-state index is 0.185. The molecule has 2 aliphatic heterocycles. The van der Waals surface area contributed by atoms with Gasteiger partial charge in [-0.15, -0.1) is 0 Å². The van der Waals surface area contributed by atoms with Crippen molar-refractivity contribution < 1.29 is 18.0 Å². The maximum Gasteiger partial charge on any atom is 0.272 e. The van der Waals surface area contributed by atoms with E-state index in [1.807, 2.05) is 0 Å². The average molecular weight is 439 g/mol. The number of benzene rings is 2. The van der Waals surface area contributed by atoms with E-state index in [4.69, 9.17) is 0 Å². The summed E-state index contributed by atoms with van der Waals surface area (Å²) in [6.45, 7) is 2.10. The van der Waals surface area contributed by atoms with Gasteiger partial charge in [-0.2, -0.15) is 5.10 Å². The second kappa shape index (κ2) is 7.62. The van der Waals surface area contributed by atoms with E-state index >= 15 is 0 Å². The van der Waals surface area contributed by atoms with E-state index in [2.05, 4.69) is 5.10 Å². The van der Waals surface area contributed by atoms with Crippen LogP contribution in [0.2, 0.25) is 0 Å². The van der Waals surface area contributed by atoms with Crippen LogP contribution in [0, 0.1) is 24.4 Å². The topological polar surface area (TPSA) is 55.2 Å². The Kier molecular flexibility index (Phi) is 4.87. The highest BCUT2D eigenvalue weighted by Gasteiger charge is 2.47. The van der Waals surface area contributed by atoms with Gasteiger partial charge in [0.05, 0.1) is 18.3 Å². The first-order valence-electron chi connectivity index (χ1n) is 10.5. The Morgan fingerprint density at radius 1 is 1.03 bits per heavy atom. The molecular weight excluding hydrogens is 419 g/mol. The molecule has 3 aromatic rings. The Balaban J connectivity index is 1.79. The minimum atomic E-state index is -1.01. The fourth-order valence-electron chi connectivity index (χ4n) is 5.10. The summed E-state index contributed by atoms with van der Waals surface area (Å²) in [5.41, 5.74) is 1.10. The number of halogens is 3. The smallest absolute Gasteiger partial charge is 0.272 e. The molecule has 8 heteroatoms. The lowest BCUT2D eigenvalue weighted by Crippen LogP contribution is -2.51. The summed E-state index contributed by atoms with van der Waals surface area (Å²) >= 11 is 0. The van der Waals surface area contributed by atoms with Crippen LogP contribution in [0.15, 0.2) is 53.5 Å². The molecule has 5 nitrogen and oxygen atoms in total. The average Bonchev–Trinajstić information content (AvgIpc) is 3.25. The lowest BCUT2D eigenvalue weighted by atomic mass is 9.79. The van der Waals surface area contributed by atoms with Crippen molar-refractivity contribution in [2.75, 3.05) is 6.54 Å². The maximum atomic E-state index is 14.3. The molecule has 0 saturated carbocycles. The summed E-state index contributed by atoms with van der Waals surface area (Å²) < 4.78 is 43.8. The Hall–Kier alpha value is -3.42. The fourth-order valence-corrected chi connectivity index (χ4v) is 5.10. The van der Waals surface area contributed by atoms with Crippen LogP contribution >= 0.6 is 0 Å². The molecule has 0 aliphatic carbocycles. The Morgan fingerprint density at radius 3 is 2.56 bits per heavy atom. The summed E-state index contributed by atoms with van der Waals surface area (Å²) in [5, 5.41) is 4.30. The molecule has 1 saturated heterocycles. The van der Waals surface area contributed by atoms with Gasteiger partial charge in [0.15, 0.2) is 11.6 Å². The first kappa shape index (κ1) is 20.5. The van der Waals surface area contributed by atoms with Gasteiger partial charge in [-0.25, -0.2) is 13.2 Å². The molecule has 0 bridgehead atoms. The molecule has 32 heavy (non-hydrogen) atoms. The SMILES string of the molecule is Cc1c2n(ncc1=O)[C@@H]([C@H](c1cccc(F)c1)c1ccc(F)c(F)c1)[C@H]1CCCN1C2=O. The molecule has 2 aliphatic rings. The molecule has 5 rings (SSSR count). The van der Waals surface area contributed by atoms with Gasteiger partial charge in [0.25, 0.3) is 5.91 Å². The van der Waals surface area contributed by atoms with Gasteiger partial charge >= 0.3 is 0 Å². The fraction of sp³-hybridized carbons (Fsp3) is 0.292. The molecule has 0 spiro atoms. The van der Waals surface area contributed by atoms with Crippen molar-refractivity contribution in [3.05, 3.63) is 98.7 Å². The van der Waals surface area contributed by atoms with Crippen LogP contribution in [0.5, 0.6) is 0 Å². The zero-order valence-electron chi connectivity index (χ0n) is 17.3. The van der Waals surface area contributed by atoms with Gasteiger partial charge in [-0.1, -0.05) is 18.2 Å². The number of fused-ring (bicyclic) bond motifs is 2. The van der Waals surface area contributed by atoms with Gasteiger partial charge in [-0.3, -0.25) is 14.3 Å². The summed E-state index contributed by atoms with van der Waals surface area (Å²) in [7, 11) is 0. The first-order chi connectivity index (χ1) is 15.4. The van der Waals surface area contributed by atoms with E-state index < -0.39 is 29.4 Å². The number of hydrogen-bond donors (Lipinski definition) is 0. The standard InChI is InChI=1S/C24H20F3N3O2/c1-13-20(31)12-28-30-22(13)24(32)29-9-3-6-19(29)23(30)21(14-4-2-5-16(25)10-14)15-7-8-17(26)18(27)11-15/h2,4-5,7-8,10-12,19,21,23H,3,6,9H2,1H3/t19-,21-,23-/m1/s1. The molecule has 164 valence electrons. The van der Waals surface area contributed by atoms with Gasteiger partial charge in [0, 0.05) is 18.0 Å². The van der Waals surface area contributed by atoms with E-state index in [0.29, 0.717) is 24.1 Å². The Bertz CT molecular complexity index is 1290. The third kappa shape index (κ3) is 3.13. The van der Waals surface area contributed by atoms with Crippen molar-refractivity contribution >= 4 is 5.91 Å². The number of rotatable bonds is 3. The van der Waals surface area contributed by atoms with Crippen molar-refractivity contribution in [3.63, 3.8) is 0 Å². The normalized spacial score (nSPS) is 20.8. The van der Waals surface area contributed by atoms with Crippen molar-refractivity contribution in [2.45, 2.75) is 37.8 Å². The second-order valence-corrected chi connectivity index (χ2v) is 8.33. The highest BCUT2D eigenvalue weighted by atomic mass is 19.2. The molecule has 1 aromatic heterocycles. The molecule has 0 N–H and O–H groups in total. The molecule has 1 amide bonds. The number of carbonyl (C=O) groups is 1. The third-order valence-corrected chi connectivity index (χ3v) is 6.54. The second-order valence-electron chi connectivity index (χ2n) is 8.33. The predicted octanol–water partition coefficient (Wildman–Crippen LogP) is 3.96. The molecule has 1 fully saturated rings. The Labute approximate surface area is 182 Å². The third-order valence-electron chi connectivity index (χ3n) is 6.54. The summed E-state index contributed by atoms with van der Waals surface area (Å²) in [6.07, 6.45) is 2.61. The summed E-state index contributed by atoms with van der Waals surface area (Å²) in [4.78, 5) is 27.2. The maximum absolute atomic E-state index is 14.3. The number of aromatic nitrogens is 2. The van der Waals surface area contributed by atoms with Gasteiger partial charge in [-0.05, 0) is 55.2 Å². The van der Waals surface area contributed by atoms with E-state index in [1.165, 1.54) is 22.9 Å². The molecule has 3 atom stereocenters. The van der Waals surface area contributed by atoms with Crippen LogP contribution in [-0.2, 0) is 0 Å². The van der Waals surface area contributed by atoms with Crippen LogP contribution in [0.1, 0.15) is 52.0 Å². The molecule has 0 radical (unpaired) electrons. The van der Waals surface area contributed by atoms with Crippen molar-refractivity contribution in [3.8, 4) is 0 Å². The number of amides is 1. The lowest BCUT2D eigenvalue weighted by Gasteiger charge is -2.43. The van der Waals surface area contributed by atoms with E-state index in [9.17, 15) is 22.8 Å². The highest BCUT2D eigenvalue weighted by Crippen LogP contribution is 2.45. The minimum Gasteiger partial charge on any atom is -0.332 e.